The van der Waals surface area contributed by atoms with E-state index in [0.29, 0.717) is 12.1 Å². The van der Waals surface area contributed by atoms with Gasteiger partial charge in [0.25, 0.3) is 0 Å². The molecule has 0 nitrogen and oxygen atoms in total. The molecule has 0 aliphatic rings. The summed E-state index contributed by atoms with van der Waals surface area (Å²) in [5.41, 5.74) is -2.26. The van der Waals surface area contributed by atoms with Gasteiger partial charge in [-0.05, 0) is 12.0 Å². The number of hydrogen-bond donors (Lipinski definition) is 0. The van der Waals surface area contributed by atoms with Gasteiger partial charge < -0.3 is 0 Å². The zero-order chi connectivity index (χ0) is 26.7. The Morgan fingerprint density at radius 3 is 1.06 bits per heavy atom. The van der Waals surface area contributed by atoms with Crippen molar-refractivity contribution in [2.24, 2.45) is 0 Å². The molecule has 17 heteroatoms. The van der Waals surface area contributed by atoms with Crippen LogP contribution in [0.4, 0.5) is 74.6 Å². The summed E-state index contributed by atoms with van der Waals surface area (Å²) in [4.78, 5) is 0. The molecule has 1 rings (SSSR count). The number of rotatable bonds is 8. The lowest BCUT2D eigenvalue weighted by molar-refractivity contribution is -0.462. The average molecular weight is 523 g/mol. The van der Waals surface area contributed by atoms with E-state index in [1.807, 2.05) is 0 Å². The number of alkyl halides is 17. The summed E-state index contributed by atoms with van der Waals surface area (Å²) in [6, 6.07) is 0.925. The molecule has 0 aliphatic heterocycles. The summed E-state index contributed by atoms with van der Waals surface area (Å²) in [6.45, 7) is 1.26. The SMILES string of the molecule is C[CH]c1ccc(C(F)(F)C(F)(F)C(F)(F)C(F)(F)C(F)(F)C(F)(F)C(F)(F)C(F)(F)F)cc1. The minimum Gasteiger partial charge on any atom is -0.194 e. The molecule has 0 unspecified atom stereocenters. The third-order valence-electron chi connectivity index (χ3n) is 4.33. The first-order chi connectivity index (χ1) is 14.3. The zero-order valence-electron chi connectivity index (χ0n) is 15.3. The standard InChI is InChI=1S/C16H8F17/c1-2-7-3-5-8(6-4-7)9(17,18)10(19,20)11(21,22)12(23,24)13(25,26)14(27,28)15(29,30)16(31,32)33/h2-6H,1H3. The van der Waals surface area contributed by atoms with Crippen molar-refractivity contribution < 1.29 is 74.6 Å². The maximum atomic E-state index is 14.0. The van der Waals surface area contributed by atoms with Crippen molar-refractivity contribution in [3.05, 3.63) is 41.8 Å². The Hall–Kier alpha value is -1.97. The van der Waals surface area contributed by atoms with Gasteiger partial charge in [-0.1, -0.05) is 31.2 Å². The van der Waals surface area contributed by atoms with Crippen molar-refractivity contribution in [2.75, 3.05) is 0 Å². The third kappa shape index (κ3) is 3.78. The zero-order valence-corrected chi connectivity index (χ0v) is 15.3. The molecule has 0 N–H and O–H groups in total. The molecular formula is C16H8F17. The molecule has 0 amide bonds. The fourth-order valence-corrected chi connectivity index (χ4v) is 2.23. The monoisotopic (exact) mass is 523 g/mol. The van der Waals surface area contributed by atoms with Crippen molar-refractivity contribution in [1.82, 2.24) is 0 Å². The first-order valence-corrected chi connectivity index (χ1v) is 7.90. The molecular weight excluding hydrogens is 515 g/mol. The Labute approximate surface area is 172 Å². The molecule has 1 radical (unpaired) electrons. The predicted octanol–water partition coefficient (Wildman–Crippen LogP) is 7.72. The number of benzene rings is 1. The average Bonchev–Trinajstić information content (AvgIpc) is 2.66. The highest BCUT2D eigenvalue weighted by Gasteiger charge is 2.95. The van der Waals surface area contributed by atoms with Crippen molar-refractivity contribution in [3.8, 4) is 0 Å². The van der Waals surface area contributed by atoms with Gasteiger partial charge in [-0.2, -0.15) is 74.6 Å². The fourth-order valence-electron chi connectivity index (χ4n) is 2.23. The summed E-state index contributed by atoms with van der Waals surface area (Å²) in [7, 11) is 0. The van der Waals surface area contributed by atoms with E-state index >= 15 is 0 Å². The predicted molar refractivity (Wildman–Crippen MR) is 75.1 cm³/mol. The summed E-state index contributed by atoms with van der Waals surface area (Å²) in [6.07, 6.45) is -6.64. The van der Waals surface area contributed by atoms with Crippen LogP contribution in [0.25, 0.3) is 0 Å². The van der Waals surface area contributed by atoms with E-state index in [0.717, 1.165) is 6.42 Å². The van der Waals surface area contributed by atoms with Crippen LogP contribution in [0.3, 0.4) is 0 Å². The Morgan fingerprint density at radius 2 is 0.758 bits per heavy atom. The minimum absolute atomic E-state index is 0.0319. The van der Waals surface area contributed by atoms with Gasteiger partial charge in [-0.3, -0.25) is 0 Å². The molecule has 0 aromatic heterocycles. The highest BCUT2D eigenvalue weighted by atomic mass is 19.4. The molecule has 191 valence electrons. The first kappa shape index (κ1) is 29.1. The lowest BCUT2D eigenvalue weighted by Crippen LogP contribution is -2.74. The van der Waals surface area contributed by atoms with Crippen LogP contribution in [0.5, 0.6) is 0 Å². The molecule has 0 fully saturated rings. The molecule has 0 heterocycles. The maximum Gasteiger partial charge on any atom is 0.460 e. The van der Waals surface area contributed by atoms with Crippen LogP contribution >= 0.6 is 0 Å². The summed E-state index contributed by atoms with van der Waals surface area (Å²) in [5.74, 6) is -56.4. The summed E-state index contributed by atoms with van der Waals surface area (Å²) in [5, 5.41) is 0. The van der Waals surface area contributed by atoms with Gasteiger partial charge >= 0.3 is 47.6 Å². The van der Waals surface area contributed by atoms with Crippen LogP contribution < -0.4 is 0 Å². The normalized spacial score (nSPS) is 15.7. The Morgan fingerprint density at radius 1 is 0.455 bits per heavy atom. The maximum absolute atomic E-state index is 14.0. The van der Waals surface area contributed by atoms with E-state index in [-0.39, 0.29) is 17.7 Å². The molecule has 1 aromatic rings. The van der Waals surface area contributed by atoms with E-state index in [9.17, 15) is 74.6 Å². The second kappa shape index (κ2) is 7.78. The van der Waals surface area contributed by atoms with Crippen molar-refractivity contribution in [1.29, 1.82) is 0 Å². The van der Waals surface area contributed by atoms with E-state index < -0.39 is 53.2 Å². The highest BCUT2D eigenvalue weighted by molar-refractivity contribution is 5.32. The topological polar surface area (TPSA) is 0 Å². The molecule has 0 atom stereocenters. The van der Waals surface area contributed by atoms with Crippen LogP contribution in [-0.4, -0.2) is 41.7 Å². The smallest absolute Gasteiger partial charge is 0.194 e. The first-order valence-electron chi connectivity index (χ1n) is 7.90. The van der Waals surface area contributed by atoms with E-state index in [2.05, 4.69) is 0 Å². The van der Waals surface area contributed by atoms with Crippen LogP contribution in [0, 0.1) is 6.42 Å². The van der Waals surface area contributed by atoms with Crippen LogP contribution in [0.15, 0.2) is 24.3 Å². The molecule has 0 aliphatic carbocycles. The van der Waals surface area contributed by atoms with Crippen molar-refractivity contribution in [2.45, 2.75) is 54.6 Å². The number of hydrogen-bond acceptors (Lipinski definition) is 0. The lowest BCUT2D eigenvalue weighted by Gasteiger charge is -2.42. The molecule has 0 saturated carbocycles. The molecule has 33 heavy (non-hydrogen) atoms. The quantitative estimate of drug-likeness (QED) is 0.306. The van der Waals surface area contributed by atoms with Gasteiger partial charge in [-0.15, -0.1) is 0 Å². The van der Waals surface area contributed by atoms with Crippen molar-refractivity contribution >= 4 is 0 Å². The summed E-state index contributed by atoms with van der Waals surface area (Å²) < 4.78 is 224. The van der Waals surface area contributed by atoms with E-state index in [4.69, 9.17) is 0 Å². The lowest BCUT2D eigenvalue weighted by atomic mass is 9.87. The van der Waals surface area contributed by atoms with Gasteiger partial charge in [0, 0.05) is 5.56 Å². The van der Waals surface area contributed by atoms with E-state index in [1.165, 1.54) is 6.92 Å². The highest BCUT2D eigenvalue weighted by Crippen LogP contribution is 2.65. The van der Waals surface area contributed by atoms with Gasteiger partial charge in [0.15, 0.2) is 0 Å². The van der Waals surface area contributed by atoms with Crippen LogP contribution in [0.2, 0.25) is 0 Å². The van der Waals surface area contributed by atoms with Crippen LogP contribution in [0.1, 0.15) is 18.1 Å². The molecule has 0 spiro atoms. The van der Waals surface area contributed by atoms with Crippen molar-refractivity contribution in [3.63, 3.8) is 0 Å². The minimum atomic E-state index is -8.62. The van der Waals surface area contributed by atoms with Crippen LogP contribution in [-0.2, 0) is 5.92 Å². The Balaban J connectivity index is 3.68. The van der Waals surface area contributed by atoms with E-state index in [1.54, 1.807) is 0 Å². The summed E-state index contributed by atoms with van der Waals surface area (Å²) >= 11 is 0. The second-order valence-electron chi connectivity index (χ2n) is 6.43. The van der Waals surface area contributed by atoms with Gasteiger partial charge in [0.1, 0.15) is 0 Å². The second-order valence-corrected chi connectivity index (χ2v) is 6.43. The Kier molecular flexibility index (Phi) is 6.85. The van der Waals surface area contributed by atoms with Gasteiger partial charge in [0.2, 0.25) is 0 Å². The molecule has 0 saturated heterocycles. The van der Waals surface area contributed by atoms with Gasteiger partial charge in [-0.25, -0.2) is 0 Å². The molecule has 1 aromatic carbocycles. The molecule has 0 bridgehead atoms. The third-order valence-corrected chi connectivity index (χ3v) is 4.33. The Bertz CT molecular complexity index is 832. The number of halogens is 17. The fraction of sp³-hybridized carbons (Fsp3) is 0.562. The van der Waals surface area contributed by atoms with Gasteiger partial charge in [0.05, 0.1) is 0 Å². The largest absolute Gasteiger partial charge is 0.460 e.